The minimum absolute atomic E-state index is 0.0553. The molecule has 1 fully saturated rings. The van der Waals surface area contributed by atoms with Gasteiger partial charge in [0.15, 0.2) is 0 Å². The normalized spacial score (nSPS) is 19.1. The van der Waals surface area contributed by atoms with E-state index in [1.165, 1.54) is 27.6 Å². The van der Waals surface area contributed by atoms with E-state index in [1.807, 2.05) is 27.1 Å². The molecule has 0 bridgehead atoms. The molecule has 1 aromatic carbocycles. The largest absolute Gasteiger partial charge is 0.442 e. The first-order valence-corrected chi connectivity index (χ1v) is 10.1. The summed E-state index contributed by atoms with van der Waals surface area (Å²) < 4.78 is 7.65. The molecule has 1 aromatic heterocycles. The maximum atomic E-state index is 12.3. The van der Waals surface area contributed by atoms with Crippen molar-refractivity contribution < 1.29 is 14.4 Å². The van der Waals surface area contributed by atoms with Gasteiger partial charge in [-0.05, 0) is 65.0 Å². The van der Waals surface area contributed by atoms with Gasteiger partial charge in [-0.2, -0.15) is 5.06 Å². The highest BCUT2D eigenvalue weighted by Crippen LogP contribution is 2.29. The molecule has 28 heavy (non-hydrogen) atoms. The highest BCUT2D eigenvalue weighted by Gasteiger charge is 2.30. The van der Waals surface area contributed by atoms with Crippen molar-refractivity contribution in [2.75, 3.05) is 6.54 Å². The molecule has 6 heteroatoms. The highest BCUT2D eigenvalue weighted by molar-refractivity contribution is 5.66. The molecule has 0 aliphatic carbocycles. The molecule has 0 N–H and O–H groups in total. The molecule has 6 nitrogen and oxygen atoms in total. The van der Waals surface area contributed by atoms with E-state index in [9.17, 15) is 4.79 Å². The first-order valence-electron chi connectivity index (χ1n) is 10.1. The standard InChI is InChI=1S/C22H29N3O3/c1-15-7-9-19-16(12-15)8-10-20-18(23-14-24(19)20)13-17-6-5-11-25(28-17)21(26)27-22(2,3)4/h7,9,12,14,17H,5-6,8,10-11,13H2,1-4H3. The second kappa shape index (κ2) is 7.24. The van der Waals surface area contributed by atoms with Crippen LogP contribution in [0.25, 0.3) is 5.69 Å². The summed E-state index contributed by atoms with van der Waals surface area (Å²) in [7, 11) is 0. The molecule has 0 radical (unpaired) electrons. The zero-order valence-electron chi connectivity index (χ0n) is 17.2. The molecule has 0 saturated carbocycles. The number of carbonyl (C=O) groups is 1. The number of nitrogens with zero attached hydrogens (tertiary/aromatic N) is 3. The van der Waals surface area contributed by atoms with Gasteiger partial charge in [-0.25, -0.2) is 9.78 Å². The summed E-state index contributed by atoms with van der Waals surface area (Å²) in [6.07, 6.45) is 6.01. The van der Waals surface area contributed by atoms with Crippen LogP contribution in [0.3, 0.4) is 0 Å². The fraction of sp³-hybridized carbons (Fsp3) is 0.545. The average Bonchev–Trinajstić information content (AvgIpc) is 3.03. The molecule has 1 amide bonds. The first-order chi connectivity index (χ1) is 13.3. The molecule has 1 saturated heterocycles. The number of amides is 1. The van der Waals surface area contributed by atoms with Crippen molar-refractivity contribution in [2.45, 2.75) is 71.5 Å². The lowest BCUT2D eigenvalue weighted by Crippen LogP contribution is -2.43. The summed E-state index contributed by atoms with van der Waals surface area (Å²) in [5.74, 6) is 0. The molecule has 2 aromatic rings. The van der Waals surface area contributed by atoms with Crippen LogP contribution in [0.1, 0.15) is 56.1 Å². The van der Waals surface area contributed by atoms with E-state index >= 15 is 0 Å². The van der Waals surface area contributed by atoms with Crippen molar-refractivity contribution in [2.24, 2.45) is 0 Å². The maximum absolute atomic E-state index is 12.3. The van der Waals surface area contributed by atoms with Crippen molar-refractivity contribution in [3.63, 3.8) is 0 Å². The van der Waals surface area contributed by atoms with Gasteiger partial charge in [-0.3, -0.25) is 4.84 Å². The Kier molecular flexibility index (Phi) is 4.91. The predicted octanol–water partition coefficient (Wildman–Crippen LogP) is 4.15. The number of imidazole rings is 1. The van der Waals surface area contributed by atoms with Gasteiger partial charge < -0.3 is 9.30 Å². The third kappa shape index (κ3) is 3.92. The molecular weight excluding hydrogens is 354 g/mol. The third-order valence-electron chi connectivity index (χ3n) is 5.26. The molecule has 1 atom stereocenters. The van der Waals surface area contributed by atoms with Gasteiger partial charge >= 0.3 is 6.09 Å². The number of hydrogen-bond donors (Lipinski definition) is 0. The molecule has 2 aliphatic heterocycles. The van der Waals surface area contributed by atoms with Crippen molar-refractivity contribution in [1.82, 2.24) is 14.6 Å². The van der Waals surface area contributed by atoms with Gasteiger partial charge in [0, 0.05) is 17.8 Å². The Hall–Kier alpha value is -2.34. The Bertz CT molecular complexity index is 882. The van der Waals surface area contributed by atoms with Crippen LogP contribution in [0.4, 0.5) is 4.79 Å². The molecule has 4 rings (SSSR count). The quantitative estimate of drug-likeness (QED) is 0.782. The van der Waals surface area contributed by atoms with Gasteiger partial charge in [0.05, 0.1) is 24.7 Å². The zero-order chi connectivity index (χ0) is 19.9. The van der Waals surface area contributed by atoms with Crippen LogP contribution in [0.2, 0.25) is 0 Å². The number of hydroxylamine groups is 2. The summed E-state index contributed by atoms with van der Waals surface area (Å²) >= 11 is 0. The topological polar surface area (TPSA) is 56.6 Å². The minimum Gasteiger partial charge on any atom is -0.442 e. The van der Waals surface area contributed by atoms with E-state index in [4.69, 9.17) is 14.6 Å². The summed E-state index contributed by atoms with van der Waals surface area (Å²) in [6.45, 7) is 8.29. The van der Waals surface area contributed by atoms with Crippen molar-refractivity contribution >= 4 is 6.09 Å². The van der Waals surface area contributed by atoms with Crippen LogP contribution < -0.4 is 0 Å². The van der Waals surface area contributed by atoms with E-state index in [-0.39, 0.29) is 6.10 Å². The maximum Gasteiger partial charge on any atom is 0.434 e. The monoisotopic (exact) mass is 383 g/mol. The summed E-state index contributed by atoms with van der Waals surface area (Å²) in [6, 6.07) is 6.59. The number of ether oxygens (including phenoxy) is 1. The Balaban J connectivity index is 1.47. The number of benzene rings is 1. The van der Waals surface area contributed by atoms with Crippen LogP contribution in [0, 0.1) is 6.92 Å². The molecule has 3 heterocycles. The number of fused-ring (bicyclic) bond motifs is 3. The summed E-state index contributed by atoms with van der Waals surface area (Å²) in [5.41, 5.74) is 5.70. The second-order valence-corrected chi connectivity index (χ2v) is 8.80. The summed E-state index contributed by atoms with van der Waals surface area (Å²) in [4.78, 5) is 23.0. The van der Waals surface area contributed by atoms with Gasteiger partial charge in [-0.1, -0.05) is 17.7 Å². The van der Waals surface area contributed by atoms with Gasteiger partial charge in [-0.15, -0.1) is 0 Å². The summed E-state index contributed by atoms with van der Waals surface area (Å²) in [5, 5.41) is 1.38. The van der Waals surface area contributed by atoms with Crippen LogP contribution in [-0.2, 0) is 28.8 Å². The predicted molar refractivity (Wildman–Crippen MR) is 106 cm³/mol. The van der Waals surface area contributed by atoms with E-state index in [1.54, 1.807) is 0 Å². The molecule has 1 unspecified atom stereocenters. The number of rotatable bonds is 2. The van der Waals surface area contributed by atoms with E-state index in [0.717, 1.165) is 31.4 Å². The van der Waals surface area contributed by atoms with E-state index in [2.05, 4.69) is 29.7 Å². The Labute approximate surface area is 166 Å². The lowest BCUT2D eigenvalue weighted by atomic mass is 9.97. The van der Waals surface area contributed by atoms with Crippen LogP contribution >= 0.6 is 0 Å². The van der Waals surface area contributed by atoms with Crippen LogP contribution in [0.5, 0.6) is 0 Å². The first kappa shape index (κ1) is 19.0. The molecule has 2 aliphatic rings. The highest BCUT2D eigenvalue weighted by atomic mass is 16.7. The Morgan fingerprint density at radius 2 is 2.14 bits per heavy atom. The lowest BCUT2D eigenvalue weighted by molar-refractivity contribution is -0.203. The Morgan fingerprint density at radius 1 is 1.32 bits per heavy atom. The average molecular weight is 383 g/mol. The fourth-order valence-corrected chi connectivity index (χ4v) is 4.01. The van der Waals surface area contributed by atoms with Gasteiger partial charge in [0.25, 0.3) is 0 Å². The smallest absolute Gasteiger partial charge is 0.434 e. The van der Waals surface area contributed by atoms with Crippen LogP contribution in [0.15, 0.2) is 24.5 Å². The van der Waals surface area contributed by atoms with Crippen molar-refractivity contribution in [3.05, 3.63) is 47.0 Å². The Morgan fingerprint density at radius 3 is 2.93 bits per heavy atom. The lowest BCUT2D eigenvalue weighted by Gasteiger charge is -2.33. The van der Waals surface area contributed by atoms with E-state index < -0.39 is 11.7 Å². The second-order valence-electron chi connectivity index (χ2n) is 8.80. The fourth-order valence-electron chi connectivity index (χ4n) is 4.01. The minimum atomic E-state index is -0.526. The zero-order valence-corrected chi connectivity index (χ0v) is 17.2. The number of carbonyl (C=O) groups excluding carboxylic acids is 1. The number of aryl methyl sites for hydroxylation is 2. The molecule has 0 spiro atoms. The SMILES string of the molecule is Cc1ccc2c(c1)CCc1c(CC3CCCN(C(=O)OC(C)(C)C)O3)ncn1-2. The number of hydrogen-bond acceptors (Lipinski definition) is 4. The molecular formula is C22H29N3O3. The van der Waals surface area contributed by atoms with Crippen molar-refractivity contribution in [1.29, 1.82) is 0 Å². The van der Waals surface area contributed by atoms with Crippen LogP contribution in [-0.4, -0.2) is 39.0 Å². The van der Waals surface area contributed by atoms with Gasteiger partial charge in [0.1, 0.15) is 5.60 Å². The van der Waals surface area contributed by atoms with E-state index in [0.29, 0.717) is 13.0 Å². The van der Waals surface area contributed by atoms with Gasteiger partial charge in [0.2, 0.25) is 0 Å². The molecule has 150 valence electrons. The number of aromatic nitrogens is 2. The third-order valence-corrected chi connectivity index (χ3v) is 5.26. The van der Waals surface area contributed by atoms with Crippen molar-refractivity contribution in [3.8, 4) is 5.69 Å².